The minimum Gasteiger partial charge on any atom is -0.397 e. The molecule has 0 fully saturated rings. The van der Waals surface area contributed by atoms with Gasteiger partial charge < -0.3 is 11.5 Å². The molecular formula is C8H8BrFN2O. The summed E-state index contributed by atoms with van der Waals surface area (Å²) in [7, 11) is 0. The van der Waals surface area contributed by atoms with Crippen molar-refractivity contribution in [3.8, 4) is 0 Å². The van der Waals surface area contributed by atoms with Crippen LogP contribution in [0.2, 0.25) is 0 Å². The van der Waals surface area contributed by atoms with Crippen LogP contribution in [-0.4, -0.2) is 11.1 Å². The fourth-order valence-corrected chi connectivity index (χ4v) is 1.19. The van der Waals surface area contributed by atoms with Gasteiger partial charge in [-0.05, 0) is 12.1 Å². The summed E-state index contributed by atoms with van der Waals surface area (Å²) in [5.74, 6) is -1.000. The zero-order valence-electron chi connectivity index (χ0n) is 6.68. The number of ketones is 1. The number of nitrogens with two attached hydrogens (primary N) is 2. The Morgan fingerprint density at radius 1 is 1.38 bits per heavy atom. The fourth-order valence-electron chi connectivity index (χ4n) is 0.891. The molecule has 0 bridgehead atoms. The van der Waals surface area contributed by atoms with Gasteiger partial charge in [0.15, 0.2) is 5.78 Å². The fraction of sp³-hybridized carbons (Fsp3) is 0.125. The molecule has 1 rings (SSSR count). The van der Waals surface area contributed by atoms with Crippen LogP contribution in [0.5, 0.6) is 0 Å². The van der Waals surface area contributed by atoms with Crippen LogP contribution >= 0.6 is 15.9 Å². The Hall–Kier alpha value is -1.10. The number of anilines is 2. The highest BCUT2D eigenvalue weighted by molar-refractivity contribution is 9.09. The SMILES string of the molecule is Nc1cc(F)c(C(=O)CBr)cc1N. The Kier molecular flexibility index (Phi) is 2.87. The number of hydrogen-bond donors (Lipinski definition) is 2. The molecule has 1 aromatic rings. The zero-order valence-corrected chi connectivity index (χ0v) is 8.27. The lowest BCUT2D eigenvalue weighted by molar-refractivity contribution is 0.102. The maximum atomic E-state index is 13.1. The van der Waals surface area contributed by atoms with Gasteiger partial charge in [0.05, 0.1) is 22.3 Å². The van der Waals surface area contributed by atoms with Gasteiger partial charge in [-0.3, -0.25) is 4.79 Å². The van der Waals surface area contributed by atoms with Gasteiger partial charge in [-0.15, -0.1) is 0 Å². The van der Waals surface area contributed by atoms with Crippen LogP contribution in [0.15, 0.2) is 12.1 Å². The van der Waals surface area contributed by atoms with Crippen molar-refractivity contribution in [1.82, 2.24) is 0 Å². The van der Waals surface area contributed by atoms with Crippen LogP contribution in [0, 0.1) is 5.82 Å². The molecule has 0 atom stereocenters. The Balaban J connectivity index is 3.23. The van der Waals surface area contributed by atoms with E-state index < -0.39 is 5.82 Å². The van der Waals surface area contributed by atoms with Crippen molar-refractivity contribution in [2.24, 2.45) is 0 Å². The molecule has 4 N–H and O–H groups in total. The molecule has 13 heavy (non-hydrogen) atoms. The van der Waals surface area contributed by atoms with Gasteiger partial charge in [0.2, 0.25) is 0 Å². The Morgan fingerprint density at radius 2 is 1.92 bits per heavy atom. The highest BCUT2D eigenvalue weighted by Gasteiger charge is 2.12. The second kappa shape index (κ2) is 3.74. The smallest absolute Gasteiger partial charge is 0.176 e. The van der Waals surface area contributed by atoms with Crippen LogP contribution in [0.3, 0.4) is 0 Å². The first-order valence-electron chi connectivity index (χ1n) is 3.50. The highest BCUT2D eigenvalue weighted by Crippen LogP contribution is 2.20. The largest absolute Gasteiger partial charge is 0.397 e. The molecule has 0 aliphatic heterocycles. The minimum atomic E-state index is -0.642. The molecule has 0 aromatic heterocycles. The average molecular weight is 247 g/mol. The second-order valence-corrected chi connectivity index (χ2v) is 3.08. The summed E-state index contributed by atoms with van der Waals surface area (Å²) in [6, 6.07) is 2.29. The molecule has 0 saturated carbocycles. The molecule has 0 amide bonds. The third kappa shape index (κ3) is 1.98. The molecule has 0 unspecified atom stereocenters. The van der Waals surface area contributed by atoms with Crippen LogP contribution in [-0.2, 0) is 0 Å². The third-order valence-electron chi connectivity index (χ3n) is 1.59. The predicted octanol–water partition coefficient (Wildman–Crippen LogP) is 1.57. The van der Waals surface area contributed by atoms with Gasteiger partial charge in [0.1, 0.15) is 5.82 Å². The van der Waals surface area contributed by atoms with Crippen molar-refractivity contribution in [1.29, 1.82) is 0 Å². The normalized spacial score (nSPS) is 10.0. The molecule has 1 aromatic carbocycles. The van der Waals surface area contributed by atoms with Crippen LogP contribution < -0.4 is 11.5 Å². The zero-order chi connectivity index (χ0) is 10.0. The number of benzene rings is 1. The summed E-state index contributed by atoms with van der Waals surface area (Å²) in [6.07, 6.45) is 0. The Bertz CT molecular complexity index is 354. The quantitative estimate of drug-likeness (QED) is 0.473. The summed E-state index contributed by atoms with van der Waals surface area (Å²) >= 11 is 2.94. The summed E-state index contributed by atoms with van der Waals surface area (Å²) < 4.78 is 13.1. The maximum absolute atomic E-state index is 13.1. The summed E-state index contributed by atoms with van der Waals surface area (Å²) in [4.78, 5) is 11.1. The molecule has 0 heterocycles. The highest BCUT2D eigenvalue weighted by atomic mass is 79.9. The van der Waals surface area contributed by atoms with E-state index in [4.69, 9.17) is 11.5 Å². The summed E-state index contributed by atoms with van der Waals surface area (Å²) in [6.45, 7) is 0. The van der Waals surface area contributed by atoms with E-state index in [9.17, 15) is 9.18 Å². The second-order valence-electron chi connectivity index (χ2n) is 2.52. The maximum Gasteiger partial charge on any atom is 0.176 e. The summed E-state index contributed by atoms with van der Waals surface area (Å²) in [5.41, 5.74) is 11.1. The Morgan fingerprint density at radius 3 is 2.46 bits per heavy atom. The van der Waals surface area contributed by atoms with E-state index in [0.717, 1.165) is 6.07 Å². The molecule has 5 heteroatoms. The standard InChI is InChI=1S/C8H8BrFN2O/c9-3-8(13)4-1-6(11)7(12)2-5(4)10/h1-2H,3,11-12H2. The van der Waals surface area contributed by atoms with E-state index in [1.807, 2.05) is 0 Å². The van der Waals surface area contributed by atoms with E-state index in [1.54, 1.807) is 0 Å². The van der Waals surface area contributed by atoms with Crippen LogP contribution in [0.4, 0.5) is 15.8 Å². The van der Waals surface area contributed by atoms with Crippen molar-refractivity contribution in [3.63, 3.8) is 0 Å². The van der Waals surface area contributed by atoms with E-state index in [-0.39, 0.29) is 28.1 Å². The lowest BCUT2D eigenvalue weighted by Gasteiger charge is -2.04. The van der Waals surface area contributed by atoms with Crippen molar-refractivity contribution >= 4 is 33.1 Å². The number of carbonyl (C=O) groups excluding carboxylic acids is 1. The first-order chi connectivity index (χ1) is 6.06. The van der Waals surface area contributed by atoms with Crippen molar-refractivity contribution in [2.75, 3.05) is 16.8 Å². The van der Waals surface area contributed by atoms with E-state index >= 15 is 0 Å². The van der Waals surface area contributed by atoms with Crippen molar-refractivity contribution in [3.05, 3.63) is 23.5 Å². The molecule has 0 radical (unpaired) electrons. The molecule has 3 nitrogen and oxygen atoms in total. The first-order valence-corrected chi connectivity index (χ1v) is 4.62. The molecule has 0 spiro atoms. The van der Waals surface area contributed by atoms with Gasteiger partial charge in [0, 0.05) is 0 Å². The predicted molar refractivity (Wildman–Crippen MR) is 53.3 cm³/mol. The Labute approximate surface area is 83.0 Å². The number of nitrogen functional groups attached to an aromatic ring is 2. The molecule has 0 saturated heterocycles. The van der Waals surface area contributed by atoms with E-state index in [1.165, 1.54) is 6.07 Å². The minimum absolute atomic E-state index is 0.0384. The molecule has 0 aliphatic carbocycles. The first kappa shape index (κ1) is 9.98. The van der Waals surface area contributed by atoms with E-state index in [0.29, 0.717) is 0 Å². The lowest BCUT2D eigenvalue weighted by Crippen LogP contribution is -2.06. The number of alkyl halides is 1. The number of halogens is 2. The van der Waals surface area contributed by atoms with Crippen molar-refractivity contribution in [2.45, 2.75) is 0 Å². The number of carbonyl (C=O) groups is 1. The number of hydrogen-bond acceptors (Lipinski definition) is 3. The third-order valence-corrected chi connectivity index (χ3v) is 2.10. The van der Waals surface area contributed by atoms with E-state index in [2.05, 4.69) is 15.9 Å². The number of rotatable bonds is 2. The molecule has 0 aliphatic rings. The monoisotopic (exact) mass is 246 g/mol. The van der Waals surface area contributed by atoms with Crippen LogP contribution in [0.1, 0.15) is 10.4 Å². The lowest BCUT2D eigenvalue weighted by atomic mass is 10.1. The van der Waals surface area contributed by atoms with Crippen LogP contribution in [0.25, 0.3) is 0 Å². The molecular weight excluding hydrogens is 239 g/mol. The average Bonchev–Trinajstić information content (AvgIpc) is 2.10. The van der Waals surface area contributed by atoms with Gasteiger partial charge in [-0.2, -0.15) is 0 Å². The van der Waals surface area contributed by atoms with Gasteiger partial charge in [0.25, 0.3) is 0 Å². The van der Waals surface area contributed by atoms with Gasteiger partial charge >= 0.3 is 0 Å². The van der Waals surface area contributed by atoms with Crippen molar-refractivity contribution < 1.29 is 9.18 Å². The van der Waals surface area contributed by atoms with Gasteiger partial charge in [-0.25, -0.2) is 4.39 Å². The topological polar surface area (TPSA) is 69.1 Å². The number of Topliss-reactive ketones (excluding diaryl/α,β-unsaturated/α-hetero) is 1. The van der Waals surface area contributed by atoms with Gasteiger partial charge in [-0.1, -0.05) is 15.9 Å². The molecule has 70 valence electrons. The summed E-state index contributed by atoms with van der Waals surface area (Å²) in [5, 5.41) is 0.0628.